The number of hydrogen-bond acceptors (Lipinski definition) is 3. The zero-order valence-electron chi connectivity index (χ0n) is 10.3. The first kappa shape index (κ1) is 12.8. The van der Waals surface area contributed by atoms with Crippen LogP contribution in [0.1, 0.15) is 46.0 Å². The Kier molecular flexibility index (Phi) is 5.68. The minimum atomic E-state index is 0.237. The van der Waals surface area contributed by atoms with Gasteiger partial charge in [0.15, 0.2) is 0 Å². The van der Waals surface area contributed by atoms with Crippen LogP contribution in [0.5, 0.6) is 5.75 Å². The summed E-state index contributed by atoms with van der Waals surface area (Å²) in [5.41, 5.74) is 6.28. The molecule has 0 fully saturated rings. The SMILES string of the molecule is CCCCCCC(C)Oc1cncc(N)c1. The van der Waals surface area contributed by atoms with Gasteiger partial charge in [-0.2, -0.15) is 0 Å². The lowest BCUT2D eigenvalue weighted by atomic mass is 10.1. The van der Waals surface area contributed by atoms with E-state index in [4.69, 9.17) is 10.5 Å². The summed E-state index contributed by atoms with van der Waals surface area (Å²) in [6.45, 7) is 4.31. The number of nitrogens with zero attached hydrogens (tertiary/aromatic N) is 1. The van der Waals surface area contributed by atoms with E-state index in [2.05, 4.69) is 18.8 Å². The molecule has 0 radical (unpaired) electrons. The van der Waals surface area contributed by atoms with Crippen LogP contribution in [0, 0.1) is 0 Å². The van der Waals surface area contributed by atoms with E-state index in [-0.39, 0.29) is 6.10 Å². The summed E-state index contributed by atoms with van der Waals surface area (Å²) in [6.07, 6.45) is 9.76. The monoisotopic (exact) mass is 222 g/mol. The summed E-state index contributed by atoms with van der Waals surface area (Å²) in [5.74, 6) is 0.767. The lowest BCUT2D eigenvalue weighted by Crippen LogP contribution is -2.11. The maximum atomic E-state index is 5.73. The molecule has 1 atom stereocenters. The number of nitrogen functional groups attached to an aromatic ring is 1. The van der Waals surface area contributed by atoms with Gasteiger partial charge in [-0.1, -0.05) is 26.2 Å². The number of nitrogens with two attached hydrogens (primary N) is 1. The Hall–Kier alpha value is -1.25. The van der Waals surface area contributed by atoms with Crippen LogP contribution in [0.15, 0.2) is 18.5 Å². The van der Waals surface area contributed by atoms with Crippen LogP contribution in [0.2, 0.25) is 0 Å². The Balaban J connectivity index is 2.25. The lowest BCUT2D eigenvalue weighted by Gasteiger charge is -2.14. The van der Waals surface area contributed by atoms with Crippen LogP contribution in [0.4, 0.5) is 5.69 Å². The quantitative estimate of drug-likeness (QED) is 0.719. The standard InChI is InChI=1S/C13H22N2O/c1-3-4-5-6-7-11(2)16-13-8-12(14)9-15-10-13/h8-11H,3-7,14H2,1-2H3. The molecular weight excluding hydrogens is 200 g/mol. The lowest BCUT2D eigenvalue weighted by molar-refractivity contribution is 0.206. The first-order valence-electron chi connectivity index (χ1n) is 6.09. The van der Waals surface area contributed by atoms with Crippen LogP contribution in [-0.2, 0) is 0 Å². The smallest absolute Gasteiger partial charge is 0.140 e. The molecule has 0 saturated carbocycles. The van der Waals surface area contributed by atoms with Gasteiger partial charge in [-0.3, -0.25) is 4.98 Å². The van der Waals surface area contributed by atoms with E-state index < -0.39 is 0 Å². The largest absolute Gasteiger partial charge is 0.489 e. The van der Waals surface area contributed by atoms with Crippen molar-refractivity contribution in [1.82, 2.24) is 4.98 Å². The Bertz CT molecular complexity index is 302. The zero-order valence-corrected chi connectivity index (χ0v) is 10.3. The predicted molar refractivity (Wildman–Crippen MR) is 67.5 cm³/mol. The van der Waals surface area contributed by atoms with Crippen molar-refractivity contribution < 1.29 is 4.74 Å². The van der Waals surface area contributed by atoms with Gasteiger partial charge in [-0.25, -0.2) is 0 Å². The van der Waals surface area contributed by atoms with Gasteiger partial charge in [0.25, 0.3) is 0 Å². The van der Waals surface area contributed by atoms with Crippen LogP contribution in [-0.4, -0.2) is 11.1 Å². The molecule has 1 rings (SSSR count). The van der Waals surface area contributed by atoms with Crippen molar-refractivity contribution in [3.63, 3.8) is 0 Å². The van der Waals surface area contributed by atoms with Gasteiger partial charge in [0, 0.05) is 6.07 Å². The fourth-order valence-corrected chi connectivity index (χ4v) is 1.65. The molecule has 3 heteroatoms. The molecule has 0 spiro atoms. The minimum Gasteiger partial charge on any atom is -0.489 e. The third-order valence-electron chi connectivity index (χ3n) is 2.54. The average Bonchev–Trinajstić information content (AvgIpc) is 2.24. The Morgan fingerprint density at radius 2 is 2.12 bits per heavy atom. The molecule has 90 valence electrons. The van der Waals surface area contributed by atoms with Gasteiger partial charge >= 0.3 is 0 Å². The van der Waals surface area contributed by atoms with Gasteiger partial charge < -0.3 is 10.5 Å². The molecule has 1 unspecified atom stereocenters. The van der Waals surface area contributed by atoms with Crippen molar-refractivity contribution in [3.05, 3.63) is 18.5 Å². The van der Waals surface area contributed by atoms with E-state index in [0.29, 0.717) is 5.69 Å². The first-order valence-corrected chi connectivity index (χ1v) is 6.09. The van der Waals surface area contributed by atoms with Gasteiger partial charge in [-0.15, -0.1) is 0 Å². The highest BCUT2D eigenvalue weighted by molar-refractivity contribution is 5.39. The first-order chi connectivity index (χ1) is 7.72. The van der Waals surface area contributed by atoms with Crippen molar-refractivity contribution in [2.45, 2.75) is 52.1 Å². The molecule has 0 aliphatic rings. The van der Waals surface area contributed by atoms with E-state index in [0.717, 1.165) is 12.2 Å². The molecule has 16 heavy (non-hydrogen) atoms. The molecule has 0 saturated heterocycles. The molecule has 2 N–H and O–H groups in total. The minimum absolute atomic E-state index is 0.237. The Labute approximate surface area is 98.0 Å². The summed E-state index contributed by atoms with van der Waals surface area (Å²) >= 11 is 0. The normalized spacial score (nSPS) is 12.4. The van der Waals surface area contributed by atoms with Crippen LogP contribution in [0.3, 0.4) is 0 Å². The Morgan fingerprint density at radius 3 is 2.81 bits per heavy atom. The number of pyridine rings is 1. The Morgan fingerprint density at radius 1 is 1.31 bits per heavy atom. The third kappa shape index (κ3) is 5.01. The van der Waals surface area contributed by atoms with Crippen LogP contribution < -0.4 is 10.5 Å². The van der Waals surface area contributed by atoms with Crippen molar-refractivity contribution >= 4 is 5.69 Å². The highest BCUT2D eigenvalue weighted by atomic mass is 16.5. The van der Waals surface area contributed by atoms with Gasteiger partial charge in [0.05, 0.1) is 24.2 Å². The number of ether oxygens (including phenoxy) is 1. The molecule has 0 aliphatic heterocycles. The maximum absolute atomic E-state index is 5.73. The van der Waals surface area contributed by atoms with Gasteiger partial charge in [0.1, 0.15) is 5.75 Å². The summed E-state index contributed by atoms with van der Waals surface area (Å²) in [7, 11) is 0. The second kappa shape index (κ2) is 7.09. The number of anilines is 1. The summed E-state index contributed by atoms with van der Waals surface area (Å²) in [6, 6.07) is 1.82. The predicted octanol–water partition coefficient (Wildman–Crippen LogP) is 3.40. The number of rotatable bonds is 7. The fraction of sp³-hybridized carbons (Fsp3) is 0.615. The van der Waals surface area contributed by atoms with Crippen molar-refractivity contribution in [2.24, 2.45) is 0 Å². The molecule has 1 aromatic rings. The van der Waals surface area contributed by atoms with Gasteiger partial charge in [-0.05, 0) is 19.8 Å². The molecule has 1 aromatic heterocycles. The van der Waals surface area contributed by atoms with Crippen molar-refractivity contribution in [2.75, 3.05) is 5.73 Å². The molecule has 3 nitrogen and oxygen atoms in total. The highest BCUT2D eigenvalue weighted by Crippen LogP contribution is 2.16. The van der Waals surface area contributed by atoms with Crippen LogP contribution >= 0.6 is 0 Å². The molecular formula is C13H22N2O. The second-order valence-electron chi connectivity index (χ2n) is 4.23. The molecule has 0 aromatic carbocycles. The third-order valence-corrected chi connectivity index (χ3v) is 2.54. The van der Waals surface area contributed by atoms with E-state index in [1.165, 1.54) is 25.7 Å². The number of hydrogen-bond donors (Lipinski definition) is 1. The average molecular weight is 222 g/mol. The molecule has 1 heterocycles. The summed E-state index contributed by atoms with van der Waals surface area (Å²) in [5, 5.41) is 0. The second-order valence-corrected chi connectivity index (χ2v) is 4.23. The van der Waals surface area contributed by atoms with Gasteiger partial charge in [0.2, 0.25) is 0 Å². The number of aromatic nitrogens is 1. The van der Waals surface area contributed by atoms with Crippen molar-refractivity contribution in [1.29, 1.82) is 0 Å². The zero-order chi connectivity index (χ0) is 11.8. The highest BCUT2D eigenvalue weighted by Gasteiger charge is 2.04. The molecule has 0 bridgehead atoms. The summed E-state index contributed by atoms with van der Waals surface area (Å²) < 4.78 is 5.73. The topological polar surface area (TPSA) is 48.1 Å². The number of unbranched alkanes of at least 4 members (excludes halogenated alkanes) is 3. The van der Waals surface area contributed by atoms with E-state index in [9.17, 15) is 0 Å². The van der Waals surface area contributed by atoms with E-state index >= 15 is 0 Å². The molecule has 0 aliphatic carbocycles. The maximum Gasteiger partial charge on any atom is 0.140 e. The van der Waals surface area contributed by atoms with Crippen molar-refractivity contribution in [3.8, 4) is 5.75 Å². The van der Waals surface area contributed by atoms with E-state index in [1.54, 1.807) is 12.4 Å². The molecule has 0 amide bonds. The summed E-state index contributed by atoms with van der Waals surface area (Å²) in [4.78, 5) is 4.00. The fourth-order valence-electron chi connectivity index (χ4n) is 1.65. The van der Waals surface area contributed by atoms with Crippen LogP contribution in [0.25, 0.3) is 0 Å². The van der Waals surface area contributed by atoms with E-state index in [1.807, 2.05) is 6.07 Å².